The van der Waals surface area contributed by atoms with Crippen molar-refractivity contribution in [1.29, 1.82) is 0 Å². The van der Waals surface area contributed by atoms with Crippen molar-refractivity contribution in [2.45, 2.75) is 33.1 Å². The summed E-state index contributed by atoms with van der Waals surface area (Å²) >= 11 is 0. The number of carbonyl (C=O) groups excluding carboxylic acids is 2. The summed E-state index contributed by atoms with van der Waals surface area (Å²) in [7, 11) is 0. The van der Waals surface area contributed by atoms with Gasteiger partial charge >= 0.3 is 0 Å². The first-order valence-corrected chi connectivity index (χ1v) is 7.06. The number of carbonyl (C=O) groups is 2. The summed E-state index contributed by atoms with van der Waals surface area (Å²) in [6.45, 7) is 7.26. The van der Waals surface area contributed by atoms with Crippen molar-refractivity contribution in [3.8, 4) is 0 Å². The van der Waals surface area contributed by atoms with E-state index >= 15 is 0 Å². The molecule has 1 unspecified atom stereocenters. The van der Waals surface area contributed by atoms with E-state index in [0.717, 1.165) is 19.5 Å². The van der Waals surface area contributed by atoms with E-state index in [1.54, 1.807) is 0 Å². The van der Waals surface area contributed by atoms with Gasteiger partial charge in [-0.3, -0.25) is 9.59 Å². The predicted molar refractivity (Wildman–Crippen MR) is 78.5 cm³/mol. The summed E-state index contributed by atoms with van der Waals surface area (Å²) < 4.78 is 0. The molecule has 0 bridgehead atoms. The van der Waals surface area contributed by atoms with Crippen LogP contribution in [-0.4, -0.2) is 36.3 Å². The molecule has 0 aliphatic carbocycles. The molecule has 0 radical (unpaired) electrons. The molecule has 1 atom stereocenters. The largest absolute Gasteiger partial charge is 0.347 e. The summed E-state index contributed by atoms with van der Waals surface area (Å²) in [5.41, 5.74) is 3.85. The van der Waals surface area contributed by atoms with Crippen molar-refractivity contribution < 1.29 is 9.59 Å². The van der Waals surface area contributed by atoms with Gasteiger partial charge in [0.05, 0.1) is 6.54 Å². The fourth-order valence-electron chi connectivity index (χ4n) is 2.82. The molecular formula is C16H22N2O2. The first kappa shape index (κ1) is 14.6. The number of nitrogens with zero attached hydrogens (tertiary/aromatic N) is 1. The summed E-state index contributed by atoms with van der Waals surface area (Å²) in [5, 5.41) is 2.56. The van der Waals surface area contributed by atoms with Gasteiger partial charge in [0.1, 0.15) is 0 Å². The van der Waals surface area contributed by atoms with Gasteiger partial charge < -0.3 is 10.2 Å². The Balaban J connectivity index is 1.98. The fraction of sp³-hybridized carbons (Fsp3) is 0.500. The number of hydrogen-bond donors (Lipinski definition) is 1. The van der Waals surface area contributed by atoms with Crippen LogP contribution in [0.4, 0.5) is 0 Å². The SMILES string of the molecule is CC(=O)NCC(=O)N1CCC(c2cc(C)cc(C)c2)C1. The van der Waals surface area contributed by atoms with E-state index in [2.05, 4.69) is 37.4 Å². The van der Waals surface area contributed by atoms with Gasteiger partial charge in [0.2, 0.25) is 11.8 Å². The second kappa shape index (κ2) is 6.07. The molecule has 1 saturated heterocycles. The zero-order chi connectivity index (χ0) is 14.7. The third-order valence-electron chi connectivity index (χ3n) is 3.74. The second-order valence-corrected chi connectivity index (χ2v) is 5.66. The number of rotatable bonds is 3. The molecule has 4 heteroatoms. The second-order valence-electron chi connectivity index (χ2n) is 5.66. The first-order valence-electron chi connectivity index (χ1n) is 7.06. The van der Waals surface area contributed by atoms with Crippen molar-refractivity contribution in [1.82, 2.24) is 10.2 Å². The quantitative estimate of drug-likeness (QED) is 0.913. The maximum atomic E-state index is 12.0. The van der Waals surface area contributed by atoms with Crippen molar-refractivity contribution in [3.05, 3.63) is 34.9 Å². The Bertz CT molecular complexity index is 505. The molecule has 0 spiro atoms. The van der Waals surface area contributed by atoms with Gasteiger partial charge in [-0.15, -0.1) is 0 Å². The van der Waals surface area contributed by atoms with E-state index in [0.29, 0.717) is 5.92 Å². The molecule has 108 valence electrons. The van der Waals surface area contributed by atoms with Gasteiger partial charge in [0, 0.05) is 25.9 Å². The van der Waals surface area contributed by atoms with Crippen LogP contribution in [0.5, 0.6) is 0 Å². The molecule has 1 aromatic carbocycles. The summed E-state index contributed by atoms with van der Waals surface area (Å²) in [4.78, 5) is 24.7. The van der Waals surface area contributed by atoms with Crippen molar-refractivity contribution >= 4 is 11.8 Å². The molecule has 1 aromatic rings. The zero-order valence-corrected chi connectivity index (χ0v) is 12.4. The lowest BCUT2D eigenvalue weighted by molar-refractivity contribution is -0.131. The first-order chi connectivity index (χ1) is 9.45. The number of likely N-dealkylation sites (tertiary alicyclic amines) is 1. The molecule has 1 N–H and O–H groups in total. The molecule has 20 heavy (non-hydrogen) atoms. The molecule has 4 nitrogen and oxygen atoms in total. The van der Waals surface area contributed by atoms with Crippen LogP contribution in [-0.2, 0) is 9.59 Å². The monoisotopic (exact) mass is 274 g/mol. The van der Waals surface area contributed by atoms with Crippen LogP contribution >= 0.6 is 0 Å². The van der Waals surface area contributed by atoms with Crippen LogP contribution in [0.15, 0.2) is 18.2 Å². The van der Waals surface area contributed by atoms with Crippen molar-refractivity contribution in [3.63, 3.8) is 0 Å². The van der Waals surface area contributed by atoms with Crippen LogP contribution in [0, 0.1) is 13.8 Å². The Morgan fingerprint density at radius 2 is 1.90 bits per heavy atom. The van der Waals surface area contributed by atoms with Gasteiger partial charge in [-0.2, -0.15) is 0 Å². The molecule has 0 aromatic heterocycles. The highest BCUT2D eigenvalue weighted by molar-refractivity contribution is 5.83. The standard InChI is InChI=1S/C16H22N2O2/c1-11-6-12(2)8-15(7-11)14-4-5-18(10-14)16(20)9-17-13(3)19/h6-8,14H,4-5,9-10H2,1-3H3,(H,17,19). The highest BCUT2D eigenvalue weighted by atomic mass is 16.2. The average Bonchev–Trinajstić information content (AvgIpc) is 2.84. The van der Waals surface area contributed by atoms with E-state index in [-0.39, 0.29) is 18.4 Å². The van der Waals surface area contributed by atoms with E-state index in [4.69, 9.17) is 0 Å². The van der Waals surface area contributed by atoms with Crippen LogP contribution in [0.25, 0.3) is 0 Å². The average molecular weight is 274 g/mol. The minimum atomic E-state index is -0.164. The summed E-state index contributed by atoms with van der Waals surface area (Å²) in [5.74, 6) is 0.255. The topological polar surface area (TPSA) is 49.4 Å². The Morgan fingerprint density at radius 3 is 2.50 bits per heavy atom. The molecule has 2 amide bonds. The lowest BCUT2D eigenvalue weighted by Gasteiger charge is -2.17. The highest BCUT2D eigenvalue weighted by Crippen LogP contribution is 2.28. The molecule has 2 rings (SSSR count). The molecular weight excluding hydrogens is 252 g/mol. The van der Waals surface area contributed by atoms with Crippen LogP contribution in [0.2, 0.25) is 0 Å². The van der Waals surface area contributed by atoms with Gasteiger partial charge in [-0.1, -0.05) is 29.3 Å². The van der Waals surface area contributed by atoms with Crippen molar-refractivity contribution in [2.24, 2.45) is 0 Å². The maximum absolute atomic E-state index is 12.0. The lowest BCUT2D eigenvalue weighted by atomic mass is 9.95. The van der Waals surface area contributed by atoms with Crippen LogP contribution in [0.1, 0.15) is 36.0 Å². The normalized spacial score (nSPS) is 18.1. The minimum absolute atomic E-state index is 0.00655. The van der Waals surface area contributed by atoms with E-state index in [9.17, 15) is 9.59 Å². The van der Waals surface area contributed by atoms with Crippen LogP contribution < -0.4 is 5.32 Å². The number of hydrogen-bond acceptors (Lipinski definition) is 2. The third kappa shape index (κ3) is 3.59. The Kier molecular flexibility index (Phi) is 4.42. The number of benzene rings is 1. The lowest BCUT2D eigenvalue weighted by Crippen LogP contribution is -2.38. The Labute approximate surface area is 120 Å². The molecule has 0 saturated carbocycles. The number of aryl methyl sites for hydroxylation is 2. The van der Waals surface area contributed by atoms with E-state index in [1.807, 2.05) is 4.90 Å². The predicted octanol–water partition coefficient (Wildman–Crippen LogP) is 1.76. The van der Waals surface area contributed by atoms with Gasteiger partial charge in [-0.05, 0) is 25.8 Å². The van der Waals surface area contributed by atoms with E-state index < -0.39 is 0 Å². The highest BCUT2D eigenvalue weighted by Gasteiger charge is 2.27. The van der Waals surface area contributed by atoms with Crippen LogP contribution in [0.3, 0.4) is 0 Å². The van der Waals surface area contributed by atoms with Gasteiger partial charge in [0.25, 0.3) is 0 Å². The molecule has 1 heterocycles. The number of amides is 2. The minimum Gasteiger partial charge on any atom is -0.347 e. The van der Waals surface area contributed by atoms with Gasteiger partial charge in [-0.25, -0.2) is 0 Å². The number of nitrogens with one attached hydrogen (secondary N) is 1. The van der Waals surface area contributed by atoms with Crippen molar-refractivity contribution in [2.75, 3.05) is 19.6 Å². The summed E-state index contributed by atoms with van der Waals surface area (Å²) in [6, 6.07) is 6.58. The third-order valence-corrected chi connectivity index (χ3v) is 3.74. The Morgan fingerprint density at radius 1 is 1.25 bits per heavy atom. The molecule has 1 fully saturated rings. The van der Waals surface area contributed by atoms with E-state index in [1.165, 1.54) is 23.6 Å². The van der Waals surface area contributed by atoms with Gasteiger partial charge in [0.15, 0.2) is 0 Å². The summed E-state index contributed by atoms with van der Waals surface area (Å²) in [6.07, 6.45) is 0.995. The smallest absolute Gasteiger partial charge is 0.241 e. The molecule has 1 aliphatic rings. The molecule has 1 aliphatic heterocycles. The Hall–Kier alpha value is -1.84. The fourth-order valence-corrected chi connectivity index (χ4v) is 2.82. The maximum Gasteiger partial charge on any atom is 0.241 e. The zero-order valence-electron chi connectivity index (χ0n) is 12.4.